The minimum atomic E-state index is -3.86. The molecule has 2 atom stereocenters. The lowest BCUT2D eigenvalue weighted by Crippen LogP contribution is -2.47. The van der Waals surface area contributed by atoms with Crippen LogP contribution in [0, 0.1) is 11.6 Å². The summed E-state index contributed by atoms with van der Waals surface area (Å²) in [7, 11) is -2.80. The summed E-state index contributed by atoms with van der Waals surface area (Å²) >= 11 is 6.13. The van der Waals surface area contributed by atoms with Crippen molar-refractivity contribution in [1.29, 1.82) is 0 Å². The van der Waals surface area contributed by atoms with Crippen LogP contribution in [0.2, 0.25) is 5.02 Å². The Bertz CT molecular complexity index is 1240. The van der Waals surface area contributed by atoms with Gasteiger partial charge in [-0.15, -0.1) is 0 Å². The average Bonchev–Trinajstić information content (AvgIpc) is 3.62. The third-order valence-corrected chi connectivity index (χ3v) is 7.89. The highest BCUT2D eigenvalue weighted by atomic mass is 35.5. The maximum absolute atomic E-state index is 14.9. The van der Waals surface area contributed by atoms with Gasteiger partial charge < -0.3 is 4.74 Å². The van der Waals surface area contributed by atoms with E-state index >= 15 is 0 Å². The van der Waals surface area contributed by atoms with E-state index in [-0.39, 0.29) is 35.2 Å². The number of piperidine rings is 1. The molecular formula is C24H26ClF3N2O4S. The summed E-state index contributed by atoms with van der Waals surface area (Å²) < 4.78 is 73.0. The summed E-state index contributed by atoms with van der Waals surface area (Å²) in [5, 5.41) is 0.280. The quantitative estimate of drug-likeness (QED) is 0.526. The summed E-state index contributed by atoms with van der Waals surface area (Å²) in [5.41, 5.74) is 0.884. The summed E-state index contributed by atoms with van der Waals surface area (Å²) in [6, 6.07) is 6.48. The molecule has 1 heterocycles. The third-order valence-electron chi connectivity index (χ3n) is 6.38. The topological polar surface area (TPSA) is 66.9 Å². The minimum absolute atomic E-state index is 0.0245. The summed E-state index contributed by atoms with van der Waals surface area (Å²) in [6.45, 7) is 1.03. The van der Waals surface area contributed by atoms with Crippen LogP contribution in [0.4, 0.5) is 13.2 Å². The molecule has 2 aliphatic rings. The van der Waals surface area contributed by atoms with Gasteiger partial charge in [0.1, 0.15) is 29.7 Å². The molecule has 1 saturated heterocycles. The lowest BCUT2D eigenvalue weighted by molar-refractivity contribution is 0.0160. The largest absolute Gasteiger partial charge is 0.486 e. The highest BCUT2D eigenvalue weighted by Gasteiger charge is 2.35. The van der Waals surface area contributed by atoms with Crippen LogP contribution in [0.3, 0.4) is 0 Å². The zero-order chi connectivity index (χ0) is 25.5. The van der Waals surface area contributed by atoms with Gasteiger partial charge in [0.15, 0.2) is 0 Å². The van der Waals surface area contributed by atoms with E-state index in [1.165, 1.54) is 18.2 Å². The zero-order valence-corrected chi connectivity index (χ0v) is 20.9. The van der Waals surface area contributed by atoms with Crippen LogP contribution in [-0.2, 0) is 16.6 Å². The number of likely N-dealkylation sites (tertiary alicyclic amines) is 1. The Kier molecular flexibility index (Phi) is 7.36. The molecule has 2 aromatic rings. The van der Waals surface area contributed by atoms with E-state index in [1.807, 2.05) is 4.90 Å². The van der Waals surface area contributed by atoms with E-state index in [0.717, 1.165) is 32.2 Å². The van der Waals surface area contributed by atoms with Crippen LogP contribution in [-0.4, -0.2) is 62.2 Å². The van der Waals surface area contributed by atoms with E-state index < -0.39 is 39.8 Å². The number of carbonyl (C=O) groups excluding carboxylic acids is 1. The fourth-order valence-electron chi connectivity index (χ4n) is 4.13. The molecule has 2 aromatic carbocycles. The van der Waals surface area contributed by atoms with Gasteiger partial charge in [-0.1, -0.05) is 17.7 Å². The van der Waals surface area contributed by atoms with Crippen molar-refractivity contribution in [2.24, 2.45) is 0 Å². The number of benzene rings is 2. The summed E-state index contributed by atoms with van der Waals surface area (Å²) in [5.74, 6) is -2.19. The second kappa shape index (κ2) is 9.99. The first-order valence-electron chi connectivity index (χ1n) is 11.2. The smallest absolute Gasteiger partial charge is 0.270 e. The van der Waals surface area contributed by atoms with E-state index in [0.29, 0.717) is 28.5 Å². The molecule has 1 aliphatic carbocycles. The molecule has 35 heavy (non-hydrogen) atoms. The van der Waals surface area contributed by atoms with Gasteiger partial charge in [-0.3, -0.25) is 9.69 Å². The molecule has 2 fully saturated rings. The molecular weight excluding hydrogens is 505 g/mol. The van der Waals surface area contributed by atoms with Gasteiger partial charge in [0.25, 0.3) is 5.91 Å². The van der Waals surface area contributed by atoms with Crippen LogP contribution in [0.15, 0.2) is 30.3 Å². The van der Waals surface area contributed by atoms with E-state index in [1.54, 1.807) is 6.07 Å². The van der Waals surface area contributed by atoms with Gasteiger partial charge in [0, 0.05) is 37.8 Å². The predicted octanol–water partition coefficient (Wildman–Crippen LogP) is 4.52. The van der Waals surface area contributed by atoms with Gasteiger partial charge in [0.05, 0.1) is 11.8 Å². The highest BCUT2D eigenvalue weighted by molar-refractivity contribution is 7.88. The molecule has 0 spiro atoms. The first kappa shape index (κ1) is 25.8. The van der Waals surface area contributed by atoms with Crippen molar-refractivity contribution in [1.82, 2.24) is 9.21 Å². The number of nitrogens with zero attached hydrogens (tertiary/aromatic N) is 2. The van der Waals surface area contributed by atoms with Gasteiger partial charge in [-0.25, -0.2) is 25.9 Å². The molecule has 1 saturated carbocycles. The SMILES string of the molecule is CN(C(=O)c1cc(C2CC2)c(OC2CN(Cc3ccc(F)cc3Cl)CC[C@@H]2F)cc1F)S(C)(=O)=O. The number of halogens is 4. The normalized spacial score (nSPS) is 21.1. The molecule has 1 unspecified atom stereocenters. The van der Waals surface area contributed by atoms with Crippen molar-refractivity contribution < 1.29 is 31.1 Å². The van der Waals surface area contributed by atoms with Crippen LogP contribution in [0.5, 0.6) is 5.75 Å². The average molecular weight is 531 g/mol. The third kappa shape index (κ3) is 5.92. The number of carbonyl (C=O) groups is 1. The summed E-state index contributed by atoms with van der Waals surface area (Å²) in [4.78, 5) is 14.5. The Balaban J connectivity index is 1.55. The fourth-order valence-corrected chi connectivity index (χ4v) is 4.76. The Morgan fingerprint density at radius 2 is 1.91 bits per heavy atom. The zero-order valence-electron chi connectivity index (χ0n) is 19.3. The first-order valence-corrected chi connectivity index (χ1v) is 13.5. The molecule has 4 rings (SSSR count). The molecule has 190 valence electrons. The molecule has 0 bridgehead atoms. The second-order valence-corrected chi connectivity index (χ2v) is 11.5. The van der Waals surface area contributed by atoms with Gasteiger partial charge in [-0.05, 0) is 54.5 Å². The number of alkyl halides is 1. The second-order valence-electron chi connectivity index (χ2n) is 9.11. The van der Waals surface area contributed by atoms with Crippen molar-refractivity contribution in [3.63, 3.8) is 0 Å². The van der Waals surface area contributed by atoms with Crippen LogP contribution in [0.1, 0.15) is 46.7 Å². The molecule has 6 nitrogen and oxygen atoms in total. The number of sulfonamides is 1. The number of hydrogen-bond acceptors (Lipinski definition) is 5. The van der Waals surface area contributed by atoms with Crippen LogP contribution >= 0.6 is 11.6 Å². The number of rotatable bonds is 7. The fraction of sp³-hybridized carbons (Fsp3) is 0.458. The molecule has 0 N–H and O–H groups in total. The Morgan fingerprint density at radius 3 is 2.54 bits per heavy atom. The van der Waals surface area contributed by atoms with Crippen molar-refractivity contribution in [3.8, 4) is 5.75 Å². The van der Waals surface area contributed by atoms with Crippen molar-refractivity contribution in [2.75, 3.05) is 26.4 Å². The predicted molar refractivity (Wildman–Crippen MR) is 126 cm³/mol. The van der Waals surface area contributed by atoms with Gasteiger partial charge >= 0.3 is 0 Å². The van der Waals surface area contributed by atoms with E-state index in [4.69, 9.17) is 16.3 Å². The van der Waals surface area contributed by atoms with Gasteiger partial charge in [0.2, 0.25) is 10.0 Å². The van der Waals surface area contributed by atoms with Crippen LogP contribution < -0.4 is 4.74 Å². The Labute approximate surface area is 207 Å². The first-order chi connectivity index (χ1) is 16.4. The number of amides is 1. The van der Waals surface area contributed by atoms with Crippen molar-refractivity contribution in [2.45, 2.75) is 44.0 Å². The van der Waals surface area contributed by atoms with Crippen LogP contribution in [0.25, 0.3) is 0 Å². The van der Waals surface area contributed by atoms with Crippen molar-refractivity contribution in [3.05, 3.63) is 63.7 Å². The summed E-state index contributed by atoms with van der Waals surface area (Å²) in [6.07, 6.45) is 0.480. The highest BCUT2D eigenvalue weighted by Crippen LogP contribution is 2.46. The number of ether oxygens (including phenoxy) is 1. The molecule has 1 aliphatic heterocycles. The molecule has 0 aromatic heterocycles. The molecule has 0 radical (unpaired) electrons. The number of hydrogen-bond donors (Lipinski definition) is 0. The minimum Gasteiger partial charge on any atom is -0.486 e. The maximum Gasteiger partial charge on any atom is 0.270 e. The van der Waals surface area contributed by atoms with Crippen molar-refractivity contribution >= 4 is 27.5 Å². The lowest BCUT2D eigenvalue weighted by atomic mass is 10.0. The Hall–Kier alpha value is -2.30. The molecule has 1 amide bonds. The van der Waals surface area contributed by atoms with Gasteiger partial charge in [-0.2, -0.15) is 0 Å². The van der Waals surface area contributed by atoms with E-state index in [2.05, 4.69) is 0 Å². The standard InChI is InChI=1S/C24H26ClF3N2O4S/c1-29(35(2,32)33)24(31)18-10-17(14-3-4-14)22(11-21(18)28)34-23-13-30(8-7-20(23)27)12-15-5-6-16(26)9-19(15)25/h5-6,9-11,14,20,23H,3-4,7-8,12-13H2,1-2H3/t20-,23?/m0/s1. The monoisotopic (exact) mass is 530 g/mol. The maximum atomic E-state index is 14.9. The lowest BCUT2D eigenvalue weighted by Gasteiger charge is -2.35. The van der Waals surface area contributed by atoms with E-state index in [9.17, 15) is 26.4 Å². The molecule has 11 heteroatoms. The Morgan fingerprint density at radius 1 is 1.20 bits per heavy atom.